The Kier molecular flexibility index (Phi) is 12.9. The summed E-state index contributed by atoms with van der Waals surface area (Å²) >= 11 is 1.53. The minimum absolute atomic E-state index is 0.245. The number of nitrogens with zero attached hydrogens (tertiary/aromatic N) is 2. The second-order valence-corrected chi connectivity index (χ2v) is 10.9. The van der Waals surface area contributed by atoms with Gasteiger partial charge in [-0.1, -0.05) is 87.5 Å². The average Bonchev–Trinajstić information content (AvgIpc) is 3.32. The second-order valence-electron chi connectivity index (χ2n) is 9.87. The van der Waals surface area contributed by atoms with Gasteiger partial charge in [-0.25, -0.2) is 4.98 Å². The number of para-hydroxylation sites is 1. The molecule has 1 aromatic heterocycles. The Bertz CT molecular complexity index is 1010. The molecule has 0 bridgehead atoms. The number of carboxylic acids is 1. The van der Waals surface area contributed by atoms with E-state index >= 15 is 0 Å². The largest absolute Gasteiger partial charge is 0.481 e. The number of piperidine rings is 1. The standard InChI is InChI=1S/C20H20N2O3S.C10H23N/c23-19(24)15-4-3-11-22(13-15)12-14-7-9-16(10-8-14)25-20-21-17-5-1-2-6-18(17)26-20;1-2-3-4-5-6-7-8-9-10-11/h1-2,5-10,15H,3-4,11-13H2,(H,23,24);2-11H2,1H3. The molecule has 3 N–H and O–H groups in total. The van der Waals surface area contributed by atoms with Crippen LogP contribution in [0.3, 0.4) is 0 Å². The lowest BCUT2D eigenvalue weighted by atomic mass is 9.98. The van der Waals surface area contributed by atoms with Crippen molar-refractivity contribution < 1.29 is 14.6 Å². The third kappa shape index (κ3) is 10.4. The van der Waals surface area contributed by atoms with Gasteiger partial charge in [-0.3, -0.25) is 9.69 Å². The number of fused-ring (bicyclic) bond motifs is 1. The van der Waals surface area contributed by atoms with Crippen molar-refractivity contribution in [2.24, 2.45) is 11.7 Å². The maximum Gasteiger partial charge on any atom is 0.307 e. The summed E-state index contributed by atoms with van der Waals surface area (Å²) in [6.07, 6.45) is 12.7. The van der Waals surface area contributed by atoms with Gasteiger partial charge in [0.05, 0.1) is 16.1 Å². The fourth-order valence-electron chi connectivity index (χ4n) is 4.60. The maximum absolute atomic E-state index is 11.2. The zero-order chi connectivity index (χ0) is 26.3. The Hall–Kier alpha value is -2.48. The lowest BCUT2D eigenvalue weighted by Gasteiger charge is -2.30. The third-order valence-electron chi connectivity index (χ3n) is 6.72. The van der Waals surface area contributed by atoms with Crippen molar-refractivity contribution in [2.45, 2.75) is 77.7 Å². The van der Waals surface area contributed by atoms with Crippen LogP contribution < -0.4 is 10.5 Å². The van der Waals surface area contributed by atoms with Crippen molar-refractivity contribution in [3.63, 3.8) is 0 Å². The molecule has 0 saturated carbocycles. The number of unbranched alkanes of at least 4 members (excludes halogenated alkanes) is 7. The second kappa shape index (κ2) is 16.4. The van der Waals surface area contributed by atoms with Crippen LogP contribution in [0.15, 0.2) is 48.5 Å². The van der Waals surface area contributed by atoms with Gasteiger partial charge >= 0.3 is 5.97 Å². The van der Waals surface area contributed by atoms with Gasteiger partial charge < -0.3 is 15.6 Å². The smallest absolute Gasteiger partial charge is 0.307 e. The monoisotopic (exact) mass is 525 g/mol. The molecule has 3 aromatic rings. The Balaban J connectivity index is 0.000000295. The lowest BCUT2D eigenvalue weighted by Crippen LogP contribution is -2.38. The van der Waals surface area contributed by atoms with Gasteiger partial charge in [0, 0.05) is 13.1 Å². The predicted octanol–water partition coefficient (Wildman–Crippen LogP) is 7.47. The van der Waals surface area contributed by atoms with E-state index in [1.807, 2.05) is 48.5 Å². The van der Waals surface area contributed by atoms with Crippen LogP contribution in [0.25, 0.3) is 10.2 Å². The summed E-state index contributed by atoms with van der Waals surface area (Å²) in [4.78, 5) is 17.9. The van der Waals surface area contributed by atoms with Crippen molar-refractivity contribution in [2.75, 3.05) is 19.6 Å². The number of nitrogens with two attached hydrogens (primary N) is 1. The minimum Gasteiger partial charge on any atom is -0.481 e. The fraction of sp³-hybridized carbons (Fsp3) is 0.533. The predicted molar refractivity (Wildman–Crippen MR) is 153 cm³/mol. The molecule has 1 saturated heterocycles. The van der Waals surface area contributed by atoms with E-state index in [0.29, 0.717) is 11.7 Å². The SMILES string of the molecule is CCCCCCCCCCN.O=C(O)C1CCCN(Cc2ccc(Oc3nc4ccccc4s3)cc2)C1. The highest BCUT2D eigenvalue weighted by Gasteiger charge is 2.25. The van der Waals surface area contributed by atoms with E-state index in [1.54, 1.807) is 0 Å². The summed E-state index contributed by atoms with van der Waals surface area (Å²) in [7, 11) is 0. The van der Waals surface area contributed by atoms with Gasteiger partial charge in [0.1, 0.15) is 5.75 Å². The van der Waals surface area contributed by atoms with Gasteiger partial charge in [-0.15, -0.1) is 0 Å². The molecule has 1 fully saturated rings. The Morgan fingerprint density at radius 1 is 1.05 bits per heavy atom. The van der Waals surface area contributed by atoms with Gasteiger partial charge in [-0.05, 0) is 62.2 Å². The molecule has 6 nitrogen and oxygen atoms in total. The van der Waals surface area contributed by atoms with Gasteiger partial charge in [0.15, 0.2) is 0 Å². The van der Waals surface area contributed by atoms with Gasteiger partial charge in [0.25, 0.3) is 5.19 Å². The molecule has 1 aliphatic rings. The first-order valence-corrected chi connectivity index (χ1v) is 14.7. The molecule has 2 aromatic carbocycles. The van der Waals surface area contributed by atoms with Crippen molar-refractivity contribution in [3.8, 4) is 10.9 Å². The zero-order valence-electron chi connectivity index (χ0n) is 22.2. The summed E-state index contributed by atoms with van der Waals surface area (Å²) in [5.74, 6) is -0.172. The van der Waals surface area contributed by atoms with Crippen molar-refractivity contribution >= 4 is 27.5 Å². The van der Waals surface area contributed by atoms with E-state index in [-0.39, 0.29) is 5.92 Å². The number of likely N-dealkylation sites (tertiary alicyclic amines) is 1. The number of benzene rings is 2. The minimum atomic E-state index is -0.686. The molecular formula is C30H43N3O3S. The number of ether oxygens (including phenoxy) is 1. The number of aromatic nitrogens is 1. The van der Waals surface area contributed by atoms with E-state index in [4.69, 9.17) is 10.5 Å². The highest BCUT2D eigenvalue weighted by molar-refractivity contribution is 7.20. The molecule has 2 heterocycles. The molecule has 0 aliphatic carbocycles. The summed E-state index contributed by atoms with van der Waals surface area (Å²) in [6, 6.07) is 15.9. The van der Waals surface area contributed by atoms with Gasteiger partial charge in [-0.2, -0.15) is 0 Å². The number of aliphatic carboxylic acids is 1. The molecular weight excluding hydrogens is 482 g/mol. The van der Waals surface area contributed by atoms with Crippen LogP contribution >= 0.6 is 11.3 Å². The van der Waals surface area contributed by atoms with E-state index in [2.05, 4.69) is 16.8 Å². The lowest BCUT2D eigenvalue weighted by molar-refractivity contribution is -0.143. The van der Waals surface area contributed by atoms with Crippen molar-refractivity contribution in [1.29, 1.82) is 0 Å². The van der Waals surface area contributed by atoms with Crippen LogP contribution in [-0.4, -0.2) is 40.6 Å². The van der Waals surface area contributed by atoms with E-state index < -0.39 is 5.97 Å². The number of carboxylic acid groups (broad SMARTS) is 1. The molecule has 0 amide bonds. The molecule has 1 unspecified atom stereocenters. The van der Waals surface area contributed by atoms with E-state index in [0.717, 1.165) is 54.0 Å². The van der Waals surface area contributed by atoms with Crippen molar-refractivity contribution in [1.82, 2.24) is 9.88 Å². The van der Waals surface area contributed by atoms with Crippen LogP contribution in [0.2, 0.25) is 0 Å². The molecule has 202 valence electrons. The Morgan fingerprint density at radius 3 is 2.43 bits per heavy atom. The number of hydrogen-bond donors (Lipinski definition) is 2. The third-order valence-corrected chi connectivity index (χ3v) is 7.64. The molecule has 0 spiro atoms. The van der Waals surface area contributed by atoms with E-state index in [1.165, 1.54) is 62.7 Å². The zero-order valence-corrected chi connectivity index (χ0v) is 23.1. The number of carbonyl (C=O) groups is 1. The molecule has 37 heavy (non-hydrogen) atoms. The molecule has 1 aliphatic heterocycles. The number of thiazole rings is 1. The quantitative estimate of drug-likeness (QED) is 0.225. The first-order chi connectivity index (χ1) is 18.1. The van der Waals surface area contributed by atoms with Gasteiger partial charge in [0.2, 0.25) is 0 Å². The van der Waals surface area contributed by atoms with Crippen LogP contribution in [-0.2, 0) is 11.3 Å². The van der Waals surface area contributed by atoms with Crippen LogP contribution in [0.4, 0.5) is 0 Å². The molecule has 1 atom stereocenters. The first-order valence-electron chi connectivity index (χ1n) is 13.9. The Morgan fingerprint density at radius 2 is 1.76 bits per heavy atom. The highest BCUT2D eigenvalue weighted by Crippen LogP contribution is 2.31. The summed E-state index contributed by atoms with van der Waals surface area (Å²) in [5, 5.41) is 9.84. The van der Waals surface area contributed by atoms with Crippen LogP contribution in [0, 0.1) is 5.92 Å². The Labute approximate surface area is 225 Å². The first kappa shape index (κ1) is 29.1. The highest BCUT2D eigenvalue weighted by atomic mass is 32.1. The molecule has 0 radical (unpaired) electrons. The molecule has 7 heteroatoms. The summed E-state index contributed by atoms with van der Waals surface area (Å²) in [6.45, 7) is 5.47. The fourth-order valence-corrected chi connectivity index (χ4v) is 5.43. The van der Waals surface area contributed by atoms with Crippen LogP contribution in [0.5, 0.6) is 10.9 Å². The number of rotatable bonds is 13. The average molecular weight is 526 g/mol. The number of hydrogen-bond acceptors (Lipinski definition) is 6. The molecule has 4 rings (SSSR count). The van der Waals surface area contributed by atoms with Crippen molar-refractivity contribution in [3.05, 3.63) is 54.1 Å². The summed E-state index contributed by atoms with van der Waals surface area (Å²) in [5.41, 5.74) is 7.50. The van der Waals surface area contributed by atoms with E-state index in [9.17, 15) is 9.90 Å². The normalized spacial score (nSPS) is 15.8. The maximum atomic E-state index is 11.2. The topological polar surface area (TPSA) is 88.7 Å². The van der Waals surface area contributed by atoms with Crippen LogP contribution in [0.1, 0.15) is 76.7 Å². The summed E-state index contributed by atoms with van der Waals surface area (Å²) < 4.78 is 6.98.